The SMILES string of the molecule is N#CC(NC(=O)c1cccn2cc(CS(=O)(=O)c3ccccc3)nc12)c1cccc(F)c1. The summed E-state index contributed by atoms with van der Waals surface area (Å²) in [5.41, 5.74) is 0.994. The van der Waals surface area contributed by atoms with Gasteiger partial charge in [-0.2, -0.15) is 5.26 Å². The summed E-state index contributed by atoms with van der Waals surface area (Å²) in [4.78, 5) is 17.4. The summed E-state index contributed by atoms with van der Waals surface area (Å²) in [6.45, 7) is 0. The molecule has 1 amide bonds. The molecule has 0 saturated heterocycles. The first-order valence-electron chi connectivity index (χ1n) is 9.58. The first-order valence-corrected chi connectivity index (χ1v) is 11.2. The van der Waals surface area contributed by atoms with E-state index in [0.717, 1.165) is 0 Å². The molecule has 2 aromatic heterocycles. The highest BCUT2D eigenvalue weighted by molar-refractivity contribution is 7.90. The van der Waals surface area contributed by atoms with E-state index in [2.05, 4.69) is 10.3 Å². The maximum Gasteiger partial charge on any atom is 0.256 e. The molecule has 0 fully saturated rings. The highest BCUT2D eigenvalue weighted by atomic mass is 32.2. The van der Waals surface area contributed by atoms with Crippen molar-refractivity contribution in [1.82, 2.24) is 14.7 Å². The van der Waals surface area contributed by atoms with E-state index in [1.165, 1.54) is 36.4 Å². The van der Waals surface area contributed by atoms with Crippen molar-refractivity contribution in [3.8, 4) is 6.07 Å². The number of aromatic nitrogens is 2. The minimum atomic E-state index is -3.61. The molecule has 2 aromatic carbocycles. The van der Waals surface area contributed by atoms with Crippen molar-refractivity contribution in [1.29, 1.82) is 5.26 Å². The van der Waals surface area contributed by atoms with Gasteiger partial charge in [0.1, 0.15) is 17.5 Å². The predicted octanol–water partition coefficient (Wildman–Crippen LogP) is 3.44. The Morgan fingerprint density at radius 2 is 1.91 bits per heavy atom. The van der Waals surface area contributed by atoms with Gasteiger partial charge in [-0.25, -0.2) is 17.8 Å². The Morgan fingerprint density at radius 3 is 2.62 bits per heavy atom. The monoisotopic (exact) mass is 448 g/mol. The molecule has 32 heavy (non-hydrogen) atoms. The van der Waals surface area contributed by atoms with Crippen LogP contribution in [0.2, 0.25) is 0 Å². The van der Waals surface area contributed by atoms with Crippen LogP contribution in [0.25, 0.3) is 5.65 Å². The summed E-state index contributed by atoms with van der Waals surface area (Å²) in [7, 11) is -3.61. The third kappa shape index (κ3) is 4.36. The molecule has 4 rings (SSSR count). The maximum atomic E-state index is 13.5. The van der Waals surface area contributed by atoms with E-state index in [1.54, 1.807) is 47.1 Å². The van der Waals surface area contributed by atoms with Crippen molar-refractivity contribution >= 4 is 21.4 Å². The summed E-state index contributed by atoms with van der Waals surface area (Å²) >= 11 is 0. The molecule has 0 aliphatic carbocycles. The Bertz CT molecular complexity index is 1440. The van der Waals surface area contributed by atoms with Gasteiger partial charge in [0.15, 0.2) is 9.84 Å². The number of nitrogens with zero attached hydrogens (tertiary/aromatic N) is 3. The van der Waals surface area contributed by atoms with Gasteiger partial charge in [0, 0.05) is 12.4 Å². The number of benzene rings is 2. The summed E-state index contributed by atoms with van der Waals surface area (Å²) in [6.07, 6.45) is 3.19. The fraction of sp³-hybridized carbons (Fsp3) is 0.0870. The zero-order valence-electron chi connectivity index (χ0n) is 16.6. The normalized spacial score (nSPS) is 12.2. The average Bonchev–Trinajstić information content (AvgIpc) is 3.19. The van der Waals surface area contributed by atoms with Gasteiger partial charge in [-0.05, 0) is 42.0 Å². The zero-order chi connectivity index (χ0) is 22.7. The van der Waals surface area contributed by atoms with Crippen LogP contribution >= 0.6 is 0 Å². The van der Waals surface area contributed by atoms with Gasteiger partial charge in [-0.1, -0.05) is 30.3 Å². The molecule has 7 nitrogen and oxygen atoms in total. The van der Waals surface area contributed by atoms with E-state index in [4.69, 9.17) is 0 Å². The average molecular weight is 448 g/mol. The minimum Gasteiger partial charge on any atom is -0.332 e. The molecule has 1 atom stereocenters. The van der Waals surface area contributed by atoms with Crippen LogP contribution in [0.15, 0.2) is 84.0 Å². The summed E-state index contributed by atoms with van der Waals surface area (Å²) in [5.74, 6) is -1.43. The number of fused-ring (bicyclic) bond motifs is 1. The van der Waals surface area contributed by atoms with Crippen LogP contribution in [0.5, 0.6) is 0 Å². The molecule has 2 heterocycles. The van der Waals surface area contributed by atoms with Crippen molar-refractivity contribution in [2.75, 3.05) is 0 Å². The van der Waals surface area contributed by atoms with E-state index in [9.17, 15) is 22.9 Å². The minimum absolute atomic E-state index is 0.160. The second-order valence-corrected chi connectivity index (χ2v) is 9.04. The quantitative estimate of drug-likeness (QED) is 0.487. The van der Waals surface area contributed by atoms with Gasteiger partial charge < -0.3 is 9.72 Å². The van der Waals surface area contributed by atoms with Crippen LogP contribution < -0.4 is 5.32 Å². The van der Waals surface area contributed by atoms with Crippen LogP contribution in [0, 0.1) is 17.1 Å². The number of pyridine rings is 1. The van der Waals surface area contributed by atoms with E-state index in [-0.39, 0.29) is 27.6 Å². The molecule has 0 aliphatic rings. The van der Waals surface area contributed by atoms with Crippen LogP contribution in [0.4, 0.5) is 4.39 Å². The highest BCUT2D eigenvalue weighted by Gasteiger charge is 2.21. The van der Waals surface area contributed by atoms with Gasteiger partial charge in [0.05, 0.1) is 28.0 Å². The molecule has 0 spiro atoms. The lowest BCUT2D eigenvalue weighted by molar-refractivity contribution is 0.0946. The van der Waals surface area contributed by atoms with E-state index < -0.39 is 27.6 Å². The third-order valence-electron chi connectivity index (χ3n) is 4.80. The molecule has 1 unspecified atom stereocenters. The fourth-order valence-electron chi connectivity index (χ4n) is 3.30. The van der Waals surface area contributed by atoms with E-state index in [0.29, 0.717) is 5.56 Å². The first kappa shape index (κ1) is 21.2. The lowest BCUT2D eigenvalue weighted by Gasteiger charge is -2.12. The standard InChI is InChI=1S/C23H17FN4O3S/c24-17-7-4-6-16(12-17)21(13-25)27-23(29)20-10-5-11-28-14-18(26-22(20)28)15-32(30,31)19-8-2-1-3-9-19/h1-12,14,21H,15H2,(H,27,29). The van der Waals surface area contributed by atoms with Gasteiger partial charge in [0.25, 0.3) is 5.91 Å². The smallest absolute Gasteiger partial charge is 0.256 e. The zero-order valence-corrected chi connectivity index (χ0v) is 17.5. The van der Waals surface area contributed by atoms with Crippen LogP contribution in [0.1, 0.15) is 27.7 Å². The molecule has 0 aliphatic heterocycles. The number of hydrogen-bond acceptors (Lipinski definition) is 5. The van der Waals surface area contributed by atoms with Crippen molar-refractivity contribution in [2.24, 2.45) is 0 Å². The number of sulfone groups is 1. The third-order valence-corrected chi connectivity index (χ3v) is 6.47. The Balaban J connectivity index is 1.62. The summed E-state index contributed by atoms with van der Waals surface area (Å²) in [6, 6.07) is 17.5. The number of rotatable bonds is 6. The predicted molar refractivity (Wildman–Crippen MR) is 115 cm³/mol. The number of carbonyl (C=O) groups excluding carboxylic acids is 1. The van der Waals surface area contributed by atoms with Gasteiger partial charge in [0.2, 0.25) is 0 Å². The second-order valence-electron chi connectivity index (χ2n) is 7.05. The lowest BCUT2D eigenvalue weighted by atomic mass is 10.1. The number of amides is 1. The molecule has 1 N–H and O–H groups in total. The number of nitrogens with one attached hydrogen (secondary N) is 1. The van der Waals surface area contributed by atoms with Gasteiger partial charge in [-0.3, -0.25) is 4.79 Å². The van der Waals surface area contributed by atoms with Crippen molar-refractivity contribution < 1.29 is 17.6 Å². The number of halogens is 1. The lowest BCUT2D eigenvalue weighted by Crippen LogP contribution is -2.28. The highest BCUT2D eigenvalue weighted by Crippen LogP contribution is 2.19. The van der Waals surface area contributed by atoms with Crippen LogP contribution in [0.3, 0.4) is 0 Å². The molecular weight excluding hydrogens is 431 g/mol. The van der Waals surface area contributed by atoms with E-state index >= 15 is 0 Å². The number of nitriles is 1. The van der Waals surface area contributed by atoms with Gasteiger partial charge >= 0.3 is 0 Å². The summed E-state index contributed by atoms with van der Waals surface area (Å²) in [5, 5.41) is 12.0. The second kappa shape index (κ2) is 8.61. The van der Waals surface area contributed by atoms with Crippen molar-refractivity contribution in [2.45, 2.75) is 16.7 Å². The summed E-state index contributed by atoms with van der Waals surface area (Å²) < 4.78 is 40.4. The molecular formula is C23H17FN4O3S. The molecule has 160 valence electrons. The number of hydrogen-bond donors (Lipinski definition) is 1. The Kier molecular flexibility index (Phi) is 5.71. The molecule has 0 bridgehead atoms. The van der Waals surface area contributed by atoms with Crippen molar-refractivity contribution in [3.05, 3.63) is 102 Å². The number of imidazole rings is 1. The van der Waals surface area contributed by atoms with Gasteiger partial charge in [-0.15, -0.1) is 0 Å². The molecule has 0 saturated carbocycles. The molecule has 4 aromatic rings. The number of carbonyl (C=O) groups is 1. The van der Waals surface area contributed by atoms with Crippen LogP contribution in [-0.4, -0.2) is 23.7 Å². The van der Waals surface area contributed by atoms with E-state index in [1.807, 2.05) is 6.07 Å². The fourth-order valence-corrected chi connectivity index (χ4v) is 4.57. The van der Waals surface area contributed by atoms with Crippen LogP contribution in [-0.2, 0) is 15.6 Å². The Hall–Kier alpha value is -4.03. The van der Waals surface area contributed by atoms with Crippen molar-refractivity contribution in [3.63, 3.8) is 0 Å². The Morgan fingerprint density at radius 1 is 1.12 bits per heavy atom. The maximum absolute atomic E-state index is 13.5. The Labute approximate surface area is 183 Å². The first-order chi connectivity index (χ1) is 15.4. The molecule has 9 heteroatoms. The largest absolute Gasteiger partial charge is 0.332 e. The topological polar surface area (TPSA) is 104 Å². The molecule has 0 radical (unpaired) electrons.